The van der Waals surface area contributed by atoms with E-state index in [1.54, 1.807) is 35.4 Å². The highest BCUT2D eigenvalue weighted by Gasteiger charge is 2.38. The second-order valence-corrected chi connectivity index (χ2v) is 16.9. The summed E-state index contributed by atoms with van der Waals surface area (Å²) in [7, 11) is 0. The van der Waals surface area contributed by atoms with E-state index in [1.165, 1.54) is 18.2 Å². The SMILES string of the molecule is O=C1CCC(Oc2ccc(N3CCC(O)(CC(=O)N4CCN(C(=O)C5CCCC(Nc6ncc(Cl)c(-c7cccc(-c8ccc(F)cc8)c7)n6)C5)CC4)CC3)c(F)c2)C(=O)N1. The molecule has 3 atom stereocenters. The van der Waals surface area contributed by atoms with E-state index < -0.39 is 23.4 Å². The summed E-state index contributed by atoms with van der Waals surface area (Å²) in [6.45, 7) is 2.26. The van der Waals surface area contributed by atoms with Gasteiger partial charge < -0.3 is 29.9 Å². The molecule has 1 saturated carbocycles. The predicted octanol–water partition coefficient (Wildman–Crippen LogP) is 5.99. The summed E-state index contributed by atoms with van der Waals surface area (Å²) < 4.78 is 34.4. The van der Waals surface area contributed by atoms with Gasteiger partial charge in [0.1, 0.15) is 17.4 Å². The van der Waals surface area contributed by atoms with Crippen molar-refractivity contribution in [3.8, 4) is 28.1 Å². The standard InChI is InChI=1S/C45H48ClF2N7O6/c46-35-27-49-44(52-41(35)30-4-1-3-29(23-30)28-7-9-32(47)10-8-28)50-33-6-2-5-31(24-33)43(59)55-21-19-54(20-22-55)40(57)26-45(60)15-17-53(18-16-45)37-12-11-34(25-36(37)48)61-38-13-14-39(56)51-42(38)58/h1,3-4,7-12,23,25,27,31,33,38,60H,2,5-6,13-22,24,26H2,(H,49,50,52)(H,51,56,58). The van der Waals surface area contributed by atoms with Crippen LogP contribution in [0.25, 0.3) is 22.4 Å². The molecule has 3 aromatic carbocycles. The molecule has 320 valence electrons. The van der Waals surface area contributed by atoms with E-state index in [4.69, 9.17) is 21.3 Å². The van der Waals surface area contributed by atoms with Crippen LogP contribution in [0.1, 0.15) is 57.8 Å². The topological polar surface area (TPSA) is 157 Å². The van der Waals surface area contributed by atoms with Gasteiger partial charge in [0.05, 0.1) is 34.6 Å². The molecule has 0 spiro atoms. The Hall–Kier alpha value is -5.67. The number of carbonyl (C=O) groups excluding carboxylic acids is 4. The van der Waals surface area contributed by atoms with Crippen molar-refractivity contribution in [2.24, 2.45) is 5.92 Å². The molecule has 3 saturated heterocycles. The van der Waals surface area contributed by atoms with Gasteiger partial charge in [0.2, 0.25) is 23.7 Å². The van der Waals surface area contributed by atoms with Gasteiger partial charge in [-0.1, -0.05) is 48.4 Å². The Bertz CT molecular complexity index is 2280. The minimum atomic E-state index is -1.24. The number of nitrogens with one attached hydrogen (secondary N) is 2. The second-order valence-electron chi connectivity index (χ2n) is 16.4. The highest BCUT2D eigenvalue weighted by atomic mass is 35.5. The highest BCUT2D eigenvalue weighted by Crippen LogP contribution is 2.35. The number of ether oxygens (including phenoxy) is 1. The van der Waals surface area contributed by atoms with Gasteiger partial charge in [0, 0.05) is 75.7 Å². The van der Waals surface area contributed by atoms with Gasteiger partial charge in [0.15, 0.2) is 6.10 Å². The number of benzene rings is 3. The quantitative estimate of drug-likeness (QED) is 0.162. The van der Waals surface area contributed by atoms with Crippen molar-refractivity contribution in [2.45, 2.75) is 75.5 Å². The lowest BCUT2D eigenvalue weighted by Gasteiger charge is -2.41. The molecule has 3 aliphatic heterocycles. The summed E-state index contributed by atoms with van der Waals surface area (Å²) in [5.74, 6) is -1.43. The first-order chi connectivity index (χ1) is 29.4. The number of piperazine rings is 1. The summed E-state index contributed by atoms with van der Waals surface area (Å²) >= 11 is 6.57. The highest BCUT2D eigenvalue weighted by molar-refractivity contribution is 6.33. The molecule has 13 nitrogen and oxygen atoms in total. The molecule has 4 fully saturated rings. The number of carbonyl (C=O) groups is 4. The van der Waals surface area contributed by atoms with Crippen LogP contribution in [0.5, 0.6) is 5.75 Å². The van der Waals surface area contributed by atoms with Crippen LogP contribution in [-0.2, 0) is 19.2 Å². The second kappa shape index (κ2) is 18.1. The van der Waals surface area contributed by atoms with E-state index in [-0.39, 0.29) is 73.4 Å². The van der Waals surface area contributed by atoms with E-state index in [0.717, 1.165) is 36.0 Å². The molecule has 61 heavy (non-hydrogen) atoms. The molecule has 1 aromatic heterocycles. The lowest BCUT2D eigenvalue weighted by atomic mass is 9.84. The number of amides is 4. The molecule has 0 bridgehead atoms. The summed E-state index contributed by atoms with van der Waals surface area (Å²) in [5.41, 5.74) is 2.22. The third-order valence-electron chi connectivity index (χ3n) is 12.3. The fourth-order valence-corrected chi connectivity index (χ4v) is 8.99. The maximum absolute atomic E-state index is 15.2. The maximum atomic E-state index is 15.2. The predicted molar refractivity (Wildman–Crippen MR) is 225 cm³/mol. The molecule has 4 aromatic rings. The fraction of sp³-hybridized carbons (Fsp3) is 0.422. The monoisotopic (exact) mass is 855 g/mol. The first-order valence-electron chi connectivity index (χ1n) is 20.9. The first kappa shape index (κ1) is 42.0. The van der Waals surface area contributed by atoms with E-state index in [2.05, 4.69) is 15.6 Å². The number of nitrogens with zero attached hydrogens (tertiary/aromatic N) is 5. The average Bonchev–Trinajstić information content (AvgIpc) is 3.26. The summed E-state index contributed by atoms with van der Waals surface area (Å²) in [6, 6.07) is 18.3. The smallest absolute Gasteiger partial charge is 0.267 e. The molecule has 4 aliphatic rings. The van der Waals surface area contributed by atoms with Gasteiger partial charge in [-0.15, -0.1) is 0 Å². The minimum Gasteiger partial charge on any atom is -0.480 e. The van der Waals surface area contributed by atoms with Crippen molar-refractivity contribution >= 4 is 46.9 Å². The Morgan fingerprint density at radius 2 is 1.64 bits per heavy atom. The van der Waals surface area contributed by atoms with Crippen LogP contribution in [0.2, 0.25) is 5.02 Å². The van der Waals surface area contributed by atoms with E-state index in [1.807, 2.05) is 34.1 Å². The van der Waals surface area contributed by atoms with Crippen LogP contribution in [0.3, 0.4) is 0 Å². The van der Waals surface area contributed by atoms with Gasteiger partial charge in [-0.2, -0.15) is 0 Å². The van der Waals surface area contributed by atoms with Crippen LogP contribution >= 0.6 is 11.6 Å². The number of halogens is 3. The molecular formula is C45H48ClF2N7O6. The third-order valence-corrected chi connectivity index (χ3v) is 12.5. The summed E-state index contributed by atoms with van der Waals surface area (Å²) in [6.07, 6.45) is 4.66. The number of hydrogen-bond donors (Lipinski definition) is 3. The van der Waals surface area contributed by atoms with Gasteiger partial charge >= 0.3 is 0 Å². The van der Waals surface area contributed by atoms with Crippen molar-refractivity contribution < 1.29 is 37.8 Å². The van der Waals surface area contributed by atoms with Crippen LogP contribution in [0.15, 0.2) is 72.9 Å². The summed E-state index contributed by atoms with van der Waals surface area (Å²) in [5, 5.41) is 17.5. The Labute approximate surface area is 357 Å². The van der Waals surface area contributed by atoms with Crippen LogP contribution in [-0.4, -0.2) is 106 Å². The van der Waals surface area contributed by atoms with Gasteiger partial charge in [-0.3, -0.25) is 24.5 Å². The molecule has 0 radical (unpaired) electrons. The van der Waals surface area contributed by atoms with E-state index >= 15 is 4.39 Å². The molecule has 4 amide bonds. The van der Waals surface area contributed by atoms with Crippen molar-refractivity contribution in [1.82, 2.24) is 25.1 Å². The maximum Gasteiger partial charge on any atom is 0.267 e. The first-order valence-corrected chi connectivity index (χ1v) is 21.3. The number of anilines is 2. The normalized spacial score (nSPS) is 21.8. The number of imide groups is 1. The van der Waals surface area contributed by atoms with Crippen molar-refractivity contribution in [3.63, 3.8) is 0 Å². The number of rotatable bonds is 10. The average molecular weight is 856 g/mol. The van der Waals surface area contributed by atoms with Crippen molar-refractivity contribution in [1.29, 1.82) is 0 Å². The third kappa shape index (κ3) is 9.94. The minimum absolute atomic E-state index is 0.0211. The molecule has 3 N–H and O–H groups in total. The Morgan fingerprint density at radius 3 is 2.38 bits per heavy atom. The van der Waals surface area contributed by atoms with Crippen LogP contribution in [0, 0.1) is 17.6 Å². The lowest BCUT2D eigenvalue weighted by Crippen LogP contribution is -2.54. The van der Waals surface area contributed by atoms with Crippen LogP contribution < -0.4 is 20.3 Å². The Kier molecular flexibility index (Phi) is 12.5. The molecule has 3 unspecified atom stereocenters. The van der Waals surface area contributed by atoms with Gasteiger partial charge in [0.25, 0.3) is 5.91 Å². The van der Waals surface area contributed by atoms with E-state index in [0.29, 0.717) is 68.0 Å². The van der Waals surface area contributed by atoms with Crippen LogP contribution in [0.4, 0.5) is 20.4 Å². The zero-order valence-corrected chi connectivity index (χ0v) is 34.4. The summed E-state index contributed by atoms with van der Waals surface area (Å²) in [4.78, 5) is 65.2. The van der Waals surface area contributed by atoms with E-state index in [9.17, 15) is 28.7 Å². The molecule has 4 heterocycles. The fourth-order valence-electron chi connectivity index (χ4n) is 8.79. The zero-order valence-electron chi connectivity index (χ0n) is 33.6. The number of hydrogen-bond acceptors (Lipinski definition) is 10. The molecule has 8 rings (SSSR count). The van der Waals surface area contributed by atoms with Crippen molar-refractivity contribution in [3.05, 3.63) is 89.6 Å². The Morgan fingerprint density at radius 1 is 0.902 bits per heavy atom. The molecule has 1 aliphatic carbocycles. The lowest BCUT2D eigenvalue weighted by molar-refractivity contribution is -0.145. The van der Waals surface area contributed by atoms with Crippen molar-refractivity contribution in [2.75, 3.05) is 49.5 Å². The van der Waals surface area contributed by atoms with Gasteiger partial charge in [-0.05, 0) is 73.6 Å². The zero-order chi connectivity index (χ0) is 42.7. The number of piperidine rings is 2. The van der Waals surface area contributed by atoms with Gasteiger partial charge in [-0.25, -0.2) is 18.7 Å². The Balaban J connectivity index is 0.795. The molecular weight excluding hydrogens is 808 g/mol. The number of aromatic nitrogens is 2. The largest absolute Gasteiger partial charge is 0.480 e. The number of aliphatic hydroxyl groups is 1. The molecule has 16 heteroatoms.